The van der Waals surface area contributed by atoms with Gasteiger partial charge in [0.05, 0.1) is 0 Å². The molecule has 0 bridgehead atoms. The van der Waals surface area contributed by atoms with Gasteiger partial charge in [-0.15, -0.1) is 0 Å². The Bertz CT molecular complexity index is 264. The molecule has 1 heterocycles. The first-order chi connectivity index (χ1) is 9.15. The van der Waals surface area contributed by atoms with Crippen molar-refractivity contribution in [3.8, 4) is 0 Å². The number of rotatable bonds is 5. The number of likely N-dealkylation sites (N-methyl/N-ethyl adjacent to an activating group) is 1. The zero-order valence-electron chi connectivity index (χ0n) is 13.5. The van der Waals surface area contributed by atoms with E-state index in [9.17, 15) is 0 Å². The molecule has 4 unspecified atom stereocenters. The number of nitrogens with one attached hydrogen (secondary N) is 1. The Labute approximate surface area is 120 Å². The van der Waals surface area contributed by atoms with Gasteiger partial charge < -0.3 is 5.32 Å². The van der Waals surface area contributed by atoms with Gasteiger partial charge in [0.15, 0.2) is 0 Å². The highest BCUT2D eigenvalue weighted by molar-refractivity contribution is 4.94. The number of hydrogen-bond donors (Lipinski definition) is 1. The Balaban J connectivity index is 1.99. The molecular formula is C17H34N2. The van der Waals surface area contributed by atoms with Crippen molar-refractivity contribution >= 4 is 0 Å². The summed E-state index contributed by atoms with van der Waals surface area (Å²) in [5.41, 5.74) is 0. The standard InChI is InChI=1S/C17H34N2/c1-5-14-9-10-19(12-14)17-11-15(13(3)4)7-8-16(17)18-6-2/h13-18H,5-12H2,1-4H3. The highest BCUT2D eigenvalue weighted by Crippen LogP contribution is 2.35. The second-order valence-electron chi connectivity index (χ2n) is 7.11. The van der Waals surface area contributed by atoms with E-state index in [2.05, 4.69) is 37.9 Å². The molecule has 2 aliphatic rings. The minimum Gasteiger partial charge on any atom is -0.313 e. The molecule has 0 aromatic rings. The molecule has 4 atom stereocenters. The van der Waals surface area contributed by atoms with Crippen LogP contribution in [-0.2, 0) is 0 Å². The summed E-state index contributed by atoms with van der Waals surface area (Å²) < 4.78 is 0. The molecule has 0 amide bonds. The van der Waals surface area contributed by atoms with Crippen LogP contribution in [0.3, 0.4) is 0 Å². The van der Waals surface area contributed by atoms with Gasteiger partial charge in [0.25, 0.3) is 0 Å². The lowest BCUT2D eigenvalue weighted by atomic mass is 9.76. The van der Waals surface area contributed by atoms with E-state index in [0.29, 0.717) is 0 Å². The normalized spacial score (nSPS) is 37.1. The molecule has 1 saturated heterocycles. The summed E-state index contributed by atoms with van der Waals surface area (Å²) >= 11 is 0. The van der Waals surface area contributed by atoms with Crippen LogP contribution in [0.15, 0.2) is 0 Å². The predicted molar refractivity (Wildman–Crippen MR) is 83.4 cm³/mol. The SMILES string of the molecule is CCNC1CCC(C(C)C)CC1N1CCC(CC)C1. The lowest BCUT2D eigenvalue weighted by Gasteiger charge is -2.43. The maximum absolute atomic E-state index is 3.76. The molecule has 0 radical (unpaired) electrons. The summed E-state index contributed by atoms with van der Waals surface area (Å²) in [5.74, 6) is 2.76. The molecular weight excluding hydrogens is 232 g/mol. The van der Waals surface area contributed by atoms with E-state index in [0.717, 1.165) is 36.4 Å². The van der Waals surface area contributed by atoms with Crippen molar-refractivity contribution in [2.24, 2.45) is 17.8 Å². The fourth-order valence-electron chi connectivity index (χ4n) is 4.18. The van der Waals surface area contributed by atoms with Crippen molar-refractivity contribution in [3.05, 3.63) is 0 Å². The Morgan fingerprint density at radius 2 is 1.95 bits per heavy atom. The number of likely N-dealkylation sites (tertiary alicyclic amines) is 1. The van der Waals surface area contributed by atoms with Crippen molar-refractivity contribution in [2.75, 3.05) is 19.6 Å². The quantitative estimate of drug-likeness (QED) is 0.819. The Hall–Kier alpha value is -0.0800. The summed E-state index contributed by atoms with van der Waals surface area (Å²) in [5, 5.41) is 3.76. The van der Waals surface area contributed by atoms with Crippen molar-refractivity contribution in [3.63, 3.8) is 0 Å². The van der Waals surface area contributed by atoms with E-state index in [-0.39, 0.29) is 0 Å². The maximum Gasteiger partial charge on any atom is 0.0252 e. The zero-order chi connectivity index (χ0) is 13.8. The van der Waals surface area contributed by atoms with Crippen molar-refractivity contribution < 1.29 is 0 Å². The minimum absolute atomic E-state index is 0.746. The van der Waals surface area contributed by atoms with Crippen LogP contribution in [0.5, 0.6) is 0 Å². The summed E-state index contributed by atoms with van der Waals surface area (Å²) in [6.45, 7) is 13.3. The minimum atomic E-state index is 0.746. The van der Waals surface area contributed by atoms with Gasteiger partial charge >= 0.3 is 0 Å². The van der Waals surface area contributed by atoms with Crippen LogP contribution in [-0.4, -0.2) is 36.6 Å². The topological polar surface area (TPSA) is 15.3 Å². The molecule has 1 aliphatic heterocycles. The van der Waals surface area contributed by atoms with Crippen molar-refractivity contribution in [2.45, 2.75) is 71.9 Å². The van der Waals surface area contributed by atoms with E-state index in [1.807, 2.05) is 0 Å². The smallest absolute Gasteiger partial charge is 0.0252 e. The van der Waals surface area contributed by atoms with Crippen LogP contribution in [0.4, 0.5) is 0 Å². The van der Waals surface area contributed by atoms with Gasteiger partial charge in [-0.25, -0.2) is 0 Å². The molecule has 0 aromatic carbocycles. The first kappa shape index (κ1) is 15.3. The summed E-state index contributed by atoms with van der Waals surface area (Å²) in [6, 6.07) is 1.55. The lowest BCUT2D eigenvalue weighted by molar-refractivity contribution is 0.0988. The van der Waals surface area contributed by atoms with Crippen molar-refractivity contribution in [1.82, 2.24) is 10.2 Å². The van der Waals surface area contributed by atoms with E-state index in [4.69, 9.17) is 0 Å². The molecule has 19 heavy (non-hydrogen) atoms. The summed E-state index contributed by atoms with van der Waals surface area (Å²) in [6.07, 6.45) is 7.03. The van der Waals surface area contributed by atoms with E-state index >= 15 is 0 Å². The average molecular weight is 266 g/mol. The second-order valence-corrected chi connectivity index (χ2v) is 7.11. The summed E-state index contributed by atoms with van der Waals surface area (Å²) in [4.78, 5) is 2.82. The fraction of sp³-hybridized carbons (Fsp3) is 1.00. The third-order valence-corrected chi connectivity index (χ3v) is 5.63. The van der Waals surface area contributed by atoms with Crippen LogP contribution >= 0.6 is 0 Å². The second kappa shape index (κ2) is 7.08. The van der Waals surface area contributed by atoms with Crippen LogP contribution in [0.2, 0.25) is 0 Å². The lowest BCUT2D eigenvalue weighted by Crippen LogP contribution is -2.53. The summed E-state index contributed by atoms with van der Waals surface area (Å²) in [7, 11) is 0. The molecule has 2 nitrogen and oxygen atoms in total. The molecule has 1 aliphatic carbocycles. The molecule has 2 rings (SSSR count). The number of hydrogen-bond acceptors (Lipinski definition) is 2. The first-order valence-corrected chi connectivity index (χ1v) is 8.63. The molecule has 2 heteroatoms. The Kier molecular flexibility index (Phi) is 5.70. The average Bonchev–Trinajstić information content (AvgIpc) is 2.88. The largest absolute Gasteiger partial charge is 0.313 e. The van der Waals surface area contributed by atoms with Gasteiger partial charge in [-0.1, -0.05) is 34.1 Å². The maximum atomic E-state index is 3.76. The first-order valence-electron chi connectivity index (χ1n) is 8.63. The van der Waals surface area contributed by atoms with Crippen LogP contribution in [0.1, 0.15) is 59.8 Å². The highest BCUT2D eigenvalue weighted by Gasteiger charge is 2.37. The van der Waals surface area contributed by atoms with Gasteiger partial charge in [-0.05, 0) is 56.5 Å². The van der Waals surface area contributed by atoms with Crippen LogP contribution in [0, 0.1) is 17.8 Å². The van der Waals surface area contributed by atoms with E-state index in [1.54, 1.807) is 0 Å². The third-order valence-electron chi connectivity index (χ3n) is 5.63. The predicted octanol–water partition coefficient (Wildman–Crippen LogP) is 3.52. The highest BCUT2D eigenvalue weighted by atomic mass is 15.2. The molecule has 1 N–H and O–H groups in total. The van der Waals surface area contributed by atoms with Crippen molar-refractivity contribution in [1.29, 1.82) is 0 Å². The van der Waals surface area contributed by atoms with E-state index in [1.165, 1.54) is 45.2 Å². The van der Waals surface area contributed by atoms with Crippen LogP contribution in [0.25, 0.3) is 0 Å². The van der Waals surface area contributed by atoms with Crippen LogP contribution < -0.4 is 5.32 Å². The van der Waals surface area contributed by atoms with E-state index < -0.39 is 0 Å². The third kappa shape index (κ3) is 3.72. The molecule has 0 aromatic heterocycles. The zero-order valence-corrected chi connectivity index (χ0v) is 13.5. The molecule has 2 fully saturated rings. The number of nitrogens with zero attached hydrogens (tertiary/aromatic N) is 1. The monoisotopic (exact) mass is 266 g/mol. The Morgan fingerprint density at radius 3 is 2.53 bits per heavy atom. The van der Waals surface area contributed by atoms with Gasteiger partial charge in [0.2, 0.25) is 0 Å². The van der Waals surface area contributed by atoms with Gasteiger partial charge in [0, 0.05) is 18.6 Å². The molecule has 1 saturated carbocycles. The van der Waals surface area contributed by atoms with Gasteiger partial charge in [0.1, 0.15) is 0 Å². The molecule has 0 spiro atoms. The van der Waals surface area contributed by atoms with Gasteiger partial charge in [-0.2, -0.15) is 0 Å². The fourth-order valence-corrected chi connectivity index (χ4v) is 4.18. The Morgan fingerprint density at radius 1 is 1.16 bits per heavy atom. The van der Waals surface area contributed by atoms with Gasteiger partial charge in [-0.3, -0.25) is 4.90 Å². The molecule has 112 valence electrons.